The number of methoxy groups -OCH3 is 1. The summed E-state index contributed by atoms with van der Waals surface area (Å²) in [5.74, 6) is 5.74. The van der Waals surface area contributed by atoms with E-state index in [9.17, 15) is 0 Å². The van der Waals surface area contributed by atoms with Gasteiger partial charge in [-0.3, -0.25) is 4.84 Å². The van der Waals surface area contributed by atoms with Crippen LogP contribution in [-0.4, -0.2) is 7.11 Å². The summed E-state index contributed by atoms with van der Waals surface area (Å²) >= 11 is 3.34. The molecule has 0 aliphatic carbocycles. The third kappa shape index (κ3) is 2.20. The predicted octanol–water partition coefficient (Wildman–Crippen LogP) is 1.85. The van der Waals surface area contributed by atoms with Crippen molar-refractivity contribution in [2.24, 2.45) is 5.90 Å². The van der Waals surface area contributed by atoms with E-state index in [1.54, 1.807) is 7.11 Å². The number of hydrogen-bond donors (Lipinski definition) is 1. The molecule has 1 aromatic rings. The zero-order valence-corrected chi connectivity index (χ0v) is 8.30. The molecule has 0 spiro atoms. The van der Waals surface area contributed by atoms with Gasteiger partial charge in [0.05, 0.1) is 13.7 Å². The molecule has 0 saturated heterocycles. The van der Waals surface area contributed by atoms with E-state index in [-0.39, 0.29) is 0 Å². The molecule has 3 nitrogen and oxygen atoms in total. The summed E-state index contributed by atoms with van der Waals surface area (Å²) in [7, 11) is 1.61. The van der Waals surface area contributed by atoms with Gasteiger partial charge < -0.3 is 4.74 Å². The van der Waals surface area contributed by atoms with E-state index in [4.69, 9.17) is 10.6 Å². The van der Waals surface area contributed by atoms with Gasteiger partial charge >= 0.3 is 0 Å². The van der Waals surface area contributed by atoms with E-state index < -0.39 is 0 Å². The van der Waals surface area contributed by atoms with Crippen LogP contribution in [0.1, 0.15) is 5.56 Å². The highest BCUT2D eigenvalue weighted by atomic mass is 79.9. The van der Waals surface area contributed by atoms with Gasteiger partial charge in [0.1, 0.15) is 5.75 Å². The summed E-state index contributed by atoms with van der Waals surface area (Å²) in [6.07, 6.45) is 0. The molecule has 0 atom stereocenters. The summed E-state index contributed by atoms with van der Waals surface area (Å²) in [6.45, 7) is 0.350. The van der Waals surface area contributed by atoms with Crippen LogP contribution >= 0.6 is 15.9 Å². The van der Waals surface area contributed by atoms with Gasteiger partial charge in [0.15, 0.2) is 0 Å². The van der Waals surface area contributed by atoms with E-state index in [0.717, 1.165) is 15.8 Å². The fourth-order valence-electron chi connectivity index (χ4n) is 0.950. The molecule has 0 amide bonds. The first-order valence-electron chi connectivity index (χ1n) is 3.42. The Balaban J connectivity index is 2.95. The van der Waals surface area contributed by atoms with Crippen molar-refractivity contribution < 1.29 is 9.57 Å². The quantitative estimate of drug-likeness (QED) is 0.808. The molecule has 1 aromatic carbocycles. The van der Waals surface area contributed by atoms with Gasteiger partial charge in [-0.2, -0.15) is 0 Å². The van der Waals surface area contributed by atoms with E-state index in [0.29, 0.717) is 6.61 Å². The summed E-state index contributed by atoms with van der Waals surface area (Å²) in [5.41, 5.74) is 0.925. The highest BCUT2D eigenvalue weighted by Crippen LogP contribution is 2.22. The Kier molecular flexibility index (Phi) is 3.52. The van der Waals surface area contributed by atoms with Crippen molar-refractivity contribution in [2.45, 2.75) is 6.61 Å². The highest BCUT2D eigenvalue weighted by Gasteiger charge is 2.02. The molecule has 0 radical (unpaired) electrons. The van der Waals surface area contributed by atoms with E-state index in [2.05, 4.69) is 20.8 Å². The van der Waals surface area contributed by atoms with Crippen molar-refractivity contribution in [1.29, 1.82) is 0 Å². The molecule has 0 unspecified atom stereocenters. The highest BCUT2D eigenvalue weighted by molar-refractivity contribution is 9.10. The van der Waals surface area contributed by atoms with Gasteiger partial charge in [0.25, 0.3) is 0 Å². The van der Waals surface area contributed by atoms with E-state index in [1.165, 1.54) is 0 Å². The minimum atomic E-state index is 0.350. The number of hydrogen-bond acceptors (Lipinski definition) is 3. The van der Waals surface area contributed by atoms with Gasteiger partial charge in [0.2, 0.25) is 0 Å². The predicted molar refractivity (Wildman–Crippen MR) is 49.7 cm³/mol. The third-order valence-electron chi connectivity index (χ3n) is 1.48. The molecule has 1 rings (SSSR count). The first-order valence-corrected chi connectivity index (χ1v) is 4.21. The molecule has 0 saturated carbocycles. The Labute approximate surface area is 79.5 Å². The SMILES string of the molecule is COc1ccc(Br)cc1CON. The maximum absolute atomic E-state index is 5.10. The zero-order chi connectivity index (χ0) is 8.97. The molecular weight excluding hydrogens is 222 g/mol. The topological polar surface area (TPSA) is 44.5 Å². The van der Waals surface area contributed by atoms with Crippen LogP contribution in [0.3, 0.4) is 0 Å². The minimum absolute atomic E-state index is 0.350. The number of rotatable bonds is 3. The van der Waals surface area contributed by atoms with Crippen LogP contribution in [0.15, 0.2) is 22.7 Å². The van der Waals surface area contributed by atoms with Crippen LogP contribution in [-0.2, 0) is 11.4 Å². The van der Waals surface area contributed by atoms with Crippen molar-refractivity contribution in [3.63, 3.8) is 0 Å². The zero-order valence-electron chi connectivity index (χ0n) is 6.71. The molecule has 2 N–H and O–H groups in total. The fraction of sp³-hybridized carbons (Fsp3) is 0.250. The molecule has 0 heterocycles. The molecule has 66 valence electrons. The molecule has 0 fully saturated rings. The Morgan fingerprint density at radius 3 is 2.83 bits per heavy atom. The smallest absolute Gasteiger partial charge is 0.124 e. The van der Waals surface area contributed by atoms with Crippen LogP contribution in [0.2, 0.25) is 0 Å². The second kappa shape index (κ2) is 4.45. The third-order valence-corrected chi connectivity index (χ3v) is 1.97. The van der Waals surface area contributed by atoms with Crippen LogP contribution in [0.4, 0.5) is 0 Å². The monoisotopic (exact) mass is 231 g/mol. The van der Waals surface area contributed by atoms with Crippen LogP contribution in [0, 0.1) is 0 Å². The van der Waals surface area contributed by atoms with Crippen molar-refractivity contribution in [1.82, 2.24) is 0 Å². The Hall–Kier alpha value is -0.580. The average Bonchev–Trinajstić information content (AvgIpc) is 2.05. The molecule has 0 bridgehead atoms. The second-order valence-corrected chi connectivity index (χ2v) is 3.18. The van der Waals surface area contributed by atoms with Gasteiger partial charge in [-0.25, -0.2) is 5.90 Å². The van der Waals surface area contributed by atoms with Gasteiger partial charge in [-0.1, -0.05) is 15.9 Å². The molecule has 4 heteroatoms. The average molecular weight is 232 g/mol. The first-order chi connectivity index (χ1) is 5.77. The Morgan fingerprint density at radius 2 is 2.25 bits per heavy atom. The summed E-state index contributed by atoms with van der Waals surface area (Å²) in [6, 6.07) is 5.67. The lowest BCUT2D eigenvalue weighted by molar-refractivity contribution is 0.122. The molecular formula is C8H10BrNO2. The van der Waals surface area contributed by atoms with E-state index in [1.807, 2.05) is 18.2 Å². The molecule has 0 aromatic heterocycles. The Bertz CT molecular complexity index is 265. The van der Waals surface area contributed by atoms with E-state index >= 15 is 0 Å². The van der Waals surface area contributed by atoms with Crippen LogP contribution in [0.5, 0.6) is 5.75 Å². The number of halogens is 1. The lowest BCUT2D eigenvalue weighted by atomic mass is 10.2. The van der Waals surface area contributed by atoms with Crippen molar-refractivity contribution in [2.75, 3.05) is 7.11 Å². The first kappa shape index (κ1) is 9.51. The number of benzene rings is 1. The lowest BCUT2D eigenvalue weighted by Crippen LogP contribution is -2.00. The minimum Gasteiger partial charge on any atom is -0.496 e. The van der Waals surface area contributed by atoms with Crippen LogP contribution in [0.25, 0.3) is 0 Å². The largest absolute Gasteiger partial charge is 0.496 e. The van der Waals surface area contributed by atoms with Gasteiger partial charge in [0, 0.05) is 10.0 Å². The van der Waals surface area contributed by atoms with Crippen molar-refractivity contribution in [3.8, 4) is 5.75 Å². The summed E-state index contributed by atoms with van der Waals surface area (Å²) in [4.78, 5) is 4.52. The lowest BCUT2D eigenvalue weighted by Gasteiger charge is -2.06. The summed E-state index contributed by atoms with van der Waals surface area (Å²) in [5, 5.41) is 0. The molecule has 12 heavy (non-hydrogen) atoms. The number of ether oxygens (including phenoxy) is 1. The Morgan fingerprint density at radius 1 is 1.50 bits per heavy atom. The molecule has 0 aliphatic heterocycles. The van der Waals surface area contributed by atoms with Gasteiger partial charge in [-0.15, -0.1) is 0 Å². The van der Waals surface area contributed by atoms with Crippen molar-refractivity contribution in [3.05, 3.63) is 28.2 Å². The standard InChI is InChI=1S/C8H10BrNO2/c1-11-8-3-2-7(9)4-6(8)5-12-10/h2-4H,5,10H2,1H3. The fourth-order valence-corrected chi connectivity index (χ4v) is 1.36. The molecule has 0 aliphatic rings. The maximum Gasteiger partial charge on any atom is 0.124 e. The van der Waals surface area contributed by atoms with Gasteiger partial charge in [-0.05, 0) is 18.2 Å². The van der Waals surface area contributed by atoms with Crippen LogP contribution < -0.4 is 10.6 Å². The maximum atomic E-state index is 5.10. The summed E-state index contributed by atoms with van der Waals surface area (Å²) < 4.78 is 6.08. The van der Waals surface area contributed by atoms with Crippen molar-refractivity contribution >= 4 is 15.9 Å². The second-order valence-electron chi connectivity index (χ2n) is 2.27. The normalized spacial score (nSPS) is 9.92. The number of nitrogens with two attached hydrogens (primary N) is 1.